The van der Waals surface area contributed by atoms with E-state index < -0.39 is 0 Å². The second-order valence-corrected chi connectivity index (χ2v) is 5.52. The number of nitrogen functional groups attached to an aromatic ring is 1. The van der Waals surface area contributed by atoms with Crippen molar-refractivity contribution in [2.24, 2.45) is 0 Å². The molecule has 4 nitrogen and oxygen atoms in total. The Balaban J connectivity index is 2.16. The third kappa shape index (κ3) is 4.31. The van der Waals surface area contributed by atoms with Crippen LogP contribution >= 0.6 is 0 Å². The van der Waals surface area contributed by atoms with Gasteiger partial charge in [-0.05, 0) is 44.2 Å². The van der Waals surface area contributed by atoms with Gasteiger partial charge in [-0.2, -0.15) is 0 Å². The molecule has 0 spiro atoms. The largest absolute Gasteiger partial charge is 0.491 e. The summed E-state index contributed by atoms with van der Waals surface area (Å²) in [4.78, 5) is 2.07. The van der Waals surface area contributed by atoms with Gasteiger partial charge in [0, 0.05) is 49.0 Å². The third-order valence-electron chi connectivity index (χ3n) is 2.97. The Bertz CT molecular complexity index is 591. The van der Waals surface area contributed by atoms with E-state index in [9.17, 15) is 0 Å². The molecule has 3 N–H and O–H groups in total. The highest BCUT2D eigenvalue weighted by atomic mass is 16.5. The summed E-state index contributed by atoms with van der Waals surface area (Å²) in [5, 5.41) is 3.35. The minimum atomic E-state index is 0.124. The highest BCUT2D eigenvalue weighted by Crippen LogP contribution is 2.27. The summed E-state index contributed by atoms with van der Waals surface area (Å²) < 4.78 is 5.70. The van der Waals surface area contributed by atoms with Gasteiger partial charge in [-0.3, -0.25) is 0 Å². The second-order valence-electron chi connectivity index (χ2n) is 5.52. The normalized spacial score (nSPS) is 10.5. The maximum atomic E-state index is 5.93. The number of rotatable bonds is 5. The van der Waals surface area contributed by atoms with Gasteiger partial charge >= 0.3 is 0 Å². The van der Waals surface area contributed by atoms with E-state index in [1.807, 2.05) is 58.3 Å². The molecular formula is C17H23N3O. The molecule has 0 heterocycles. The lowest BCUT2D eigenvalue weighted by molar-refractivity contribution is 0.242. The number of nitrogens with two attached hydrogens (primary N) is 1. The van der Waals surface area contributed by atoms with Gasteiger partial charge < -0.3 is 20.7 Å². The molecule has 2 rings (SSSR count). The van der Waals surface area contributed by atoms with Gasteiger partial charge in [0.15, 0.2) is 0 Å². The molecule has 112 valence electrons. The number of anilines is 4. The van der Waals surface area contributed by atoms with Crippen LogP contribution in [-0.2, 0) is 0 Å². The number of nitrogens with zero attached hydrogens (tertiary/aromatic N) is 1. The van der Waals surface area contributed by atoms with Crippen LogP contribution in [0.25, 0.3) is 0 Å². The molecule has 0 aliphatic rings. The average molecular weight is 285 g/mol. The van der Waals surface area contributed by atoms with Crippen molar-refractivity contribution >= 4 is 22.7 Å². The predicted molar refractivity (Wildman–Crippen MR) is 90.7 cm³/mol. The van der Waals surface area contributed by atoms with Crippen LogP contribution in [0, 0.1) is 0 Å². The van der Waals surface area contributed by atoms with E-state index in [1.54, 1.807) is 0 Å². The Kier molecular flexibility index (Phi) is 4.58. The van der Waals surface area contributed by atoms with Crippen molar-refractivity contribution in [1.82, 2.24) is 0 Å². The van der Waals surface area contributed by atoms with Crippen LogP contribution in [-0.4, -0.2) is 20.2 Å². The molecule has 0 aromatic heterocycles. The Morgan fingerprint density at radius 3 is 2.24 bits per heavy atom. The van der Waals surface area contributed by atoms with Crippen molar-refractivity contribution in [3.63, 3.8) is 0 Å². The fourth-order valence-electron chi connectivity index (χ4n) is 2.04. The first-order valence-corrected chi connectivity index (χ1v) is 7.05. The molecule has 0 atom stereocenters. The first-order chi connectivity index (χ1) is 9.94. The van der Waals surface area contributed by atoms with Crippen molar-refractivity contribution in [1.29, 1.82) is 0 Å². The van der Waals surface area contributed by atoms with E-state index in [4.69, 9.17) is 10.5 Å². The van der Waals surface area contributed by atoms with Crippen molar-refractivity contribution in [2.75, 3.05) is 30.0 Å². The van der Waals surface area contributed by atoms with E-state index in [0.29, 0.717) is 5.69 Å². The molecule has 21 heavy (non-hydrogen) atoms. The van der Waals surface area contributed by atoms with Crippen LogP contribution in [0.15, 0.2) is 42.5 Å². The predicted octanol–water partition coefficient (Wildman–Crippen LogP) is 3.87. The lowest BCUT2D eigenvalue weighted by Gasteiger charge is -2.15. The van der Waals surface area contributed by atoms with Crippen molar-refractivity contribution < 1.29 is 4.74 Å². The highest BCUT2D eigenvalue weighted by Gasteiger charge is 2.03. The number of hydrogen-bond donors (Lipinski definition) is 2. The second kappa shape index (κ2) is 6.39. The molecule has 0 saturated heterocycles. The molecule has 0 unspecified atom stereocenters. The zero-order valence-electron chi connectivity index (χ0n) is 13.1. The summed E-state index contributed by atoms with van der Waals surface area (Å²) in [5.74, 6) is 0.775. The quantitative estimate of drug-likeness (QED) is 0.819. The fraction of sp³-hybridized carbons (Fsp3) is 0.294. The summed E-state index contributed by atoms with van der Waals surface area (Å²) in [6.07, 6.45) is 0.124. The topological polar surface area (TPSA) is 50.5 Å². The van der Waals surface area contributed by atoms with E-state index in [-0.39, 0.29) is 6.10 Å². The smallest absolute Gasteiger partial charge is 0.123 e. The van der Waals surface area contributed by atoms with Gasteiger partial charge in [-0.15, -0.1) is 0 Å². The molecule has 2 aromatic rings. The zero-order chi connectivity index (χ0) is 15.4. The number of nitrogens with one attached hydrogen (secondary N) is 1. The van der Waals surface area contributed by atoms with Crippen molar-refractivity contribution in [3.8, 4) is 5.75 Å². The minimum Gasteiger partial charge on any atom is -0.491 e. The van der Waals surface area contributed by atoms with Crippen LogP contribution < -0.4 is 20.7 Å². The third-order valence-corrected chi connectivity index (χ3v) is 2.97. The maximum absolute atomic E-state index is 5.93. The van der Waals surface area contributed by atoms with Crippen LogP contribution in [0.5, 0.6) is 5.75 Å². The molecule has 2 aromatic carbocycles. The summed E-state index contributed by atoms with van der Waals surface area (Å²) in [5.41, 5.74) is 9.71. The van der Waals surface area contributed by atoms with Crippen LogP contribution in [0.3, 0.4) is 0 Å². The molecule has 0 radical (unpaired) electrons. The molecule has 0 amide bonds. The fourth-order valence-corrected chi connectivity index (χ4v) is 2.04. The van der Waals surface area contributed by atoms with Crippen LogP contribution in [0.4, 0.5) is 22.7 Å². The number of hydrogen-bond acceptors (Lipinski definition) is 4. The maximum Gasteiger partial charge on any atom is 0.123 e. The van der Waals surface area contributed by atoms with Crippen LogP contribution in [0.1, 0.15) is 13.8 Å². The molecule has 0 bridgehead atoms. The summed E-state index contributed by atoms with van der Waals surface area (Å²) in [7, 11) is 4.05. The number of ether oxygens (including phenoxy) is 1. The molecule has 4 heteroatoms. The molecular weight excluding hydrogens is 262 g/mol. The van der Waals surface area contributed by atoms with Gasteiger partial charge in [0.2, 0.25) is 0 Å². The minimum absolute atomic E-state index is 0.124. The lowest BCUT2D eigenvalue weighted by atomic mass is 10.2. The van der Waals surface area contributed by atoms with E-state index in [1.165, 1.54) is 0 Å². The van der Waals surface area contributed by atoms with E-state index in [0.717, 1.165) is 22.8 Å². The summed E-state index contributed by atoms with van der Waals surface area (Å²) in [6, 6.07) is 13.9. The van der Waals surface area contributed by atoms with Gasteiger partial charge in [0.05, 0.1) is 6.10 Å². The molecule has 0 saturated carbocycles. The Hall–Kier alpha value is -2.36. The number of benzene rings is 2. The summed E-state index contributed by atoms with van der Waals surface area (Å²) in [6.45, 7) is 3.99. The standard InChI is InChI=1S/C17H23N3O/c1-12(2)21-17-10-13(18)9-15(11-17)19-14-5-7-16(8-6-14)20(3)4/h5-12,19H,18H2,1-4H3. The SMILES string of the molecule is CC(C)Oc1cc(N)cc(Nc2ccc(N(C)C)cc2)c1. The van der Waals surface area contributed by atoms with Gasteiger partial charge in [-0.1, -0.05) is 0 Å². The van der Waals surface area contributed by atoms with E-state index in [2.05, 4.69) is 22.3 Å². The Labute approximate surface area is 126 Å². The molecule has 0 aliphatic carbocycles. The van der Waals surface area contributed by atoms with Gasteiger partial charge in [0.25, 0.3) is 0 Å². The average Bonchev–Trinajstić information content (AvgIpc) is 2.37. The summed E-state index contributed by atoms with van der Waals surface area (Å²) >= 11 is 0. The Morgan fingerprint density at radius 1 is 1.00 bits per heavy atom. The molecule has 0 aliphatic heterocycles. The lowest BCUT2D eigenvalue weighted by Crippen LogP contribution is -2.08. The Morgan fingerprint density at radius 2 is 1.67 bits per heavy atom. The van der Waals surface area contributed by atoms with E-state index >= 15 is 0 Å². The van der Waals surface area contributed by atoms with Gasteiger partial charge in [0.1, 0.15) is 5.75 Å². The molecule has 0 fully saturated rings. The monoisotopic (exact) mass is 285 g/mol. The van der Waals surface area contributed by atoms with Crippen LogP contribution in [0.2, 0.25) is 0 Å². The highest BCUT2D eigenvalue weighted by molar-refractivity contribution is 5.67. The first kappa shape index (κ1) is 15.0. The van der Waals surface area contributed by atoms with Crippen molar-refractivity contribution in [3.05, 3.63) is 42.5 Å². The van der Waals surface area contributed by atoms with Gasteiger partial charge in [-0.25, -0.2) is 0 Å². The van der Waals surface area contributed by atoms with Crippen molar-refractivity contribution in [2.45, 2.75) is 20.0 Å². The zero-order valence-corrected chi connectivity index (χ0v) is 13.1. The first-order valence-electron chi connectivity index (χ1n) is 7.05.